The van der Waals surface area contributed by atoms with Crippen LogP contribution in [0, 0.1) is 18.6 Å². The summed E-state index contributed by atoms with van der Waals surface area (Å²) in [5.74, 6) is 3.56. The molecule has 16 nitrogen and oxygen atoms in total. The van der Waals surface area contributed by atoms with E-state index in [-0.39, 0.29) is 28.3 Å². The number of aryl methyl sites for hydroxylation is 4. The first-order valence-corrected chi connectivity index (χ1v) is 33.9. The van der Waals surface area contributed by atoms with Crippen molar-refractivity contribution < 1.29 is 44.2 Å². The molecule has 0 radical (unpaired) electrons. The van der Waals surface area contributed by atoms with Crippen molar-refractivity contribution in [2.75, 3.05) is 11.5 Å². The molecule has 0 N–H and O–H groups in total. The molecule has 6 aromatic heterocycles. The fourth-order valence-corrected chi connectivity index (χ4v) is 16.5. The molecule has 2 fully saturated rings. The highest BCUT2D eigenvalue weighted by atomic mass is 32.2. The summed E-state index contributed by atoms with van der Waals surface area (Å²) in [6.07, 6.45) is 12.4. The van der Waals surface area contributed by atoms with Gasteiger partial charge in [0, 0.05) is 126 Å². The van der Waals surface area contributed by atoms with Crippen LogP contribution < -0.4 is 9.47 Å². The Hall–Kier alpha value is -8.12. The highest BCUT2D eigenvalue weighted by Crippen LogP contribution is 2.50. The molecule has 4 aliphatic rings. The van der Waals surface area contributed by atoms with Gasteiger partial charge in [-0.05, 0) is 147 Å². The molecule has 0 bridgehead atoms. The van der Waals surface area contributed by atoms with Crippen LogP contribution in [0.1, 0.15) is 145 Å². The van der Waals surface area contributed by atoms with Gasteiger partial charge in [0.2, 0.25) is 0 Å². The third-order valence-electron chi connectivity index (χ3n) is 19.1. The molecule has 4 aromatic carbocycles. The molecule has 0 amide bonds. The average molecular weight is 1310 g/mol. The summed E-state index contributed by atoms with van der Waals surface area (Å²) in [6.45, 7) is 7.48. The van der Waals surface area contributed by atoms with Gasteiger partial charge in [0.1, 0.15) is 46.9 Å². The van der Waals surface area contributed by atoms with Crippen LogP contribution in [-0.2, 0) is 59.4 Å². The molecule has 4 atom stereocenters. The Morgan fingerprint density at radius 2 is 1.04 bits per heavy atom. The maximum absolute atomic E-state index is 15.9. The van der Waals surface area contributed by atoms with E-state index in [2.05, 4.69) is 39.5 Å². The van der Waals surface area contributed by atoms with E-state index in [0.29, 0.717) is 99.4 Å². The van der Waals surface area contributed by atoms with Crippen LogP contribution in [0.2, 0.25) is 0 Å². The number of pyridine rings is 2. The second-order valence-corrected chi connectivity index (χ2v) is 31.4. The molecule has 8 heterocycles. The van der Waals surface area contributed by atoms with E-state index < -0.39 is 62.0 Å². The van der Waals surface area contributed by atoms with Crippen LogP contribution in [0.25, 0.3) is 67.1 Å². The first kappa shape index (κ1) is 63.6. The van der Waals surface area contributed by atoms with Crippen molar-refractivity contribution in [3.63, 3.8) is 0 Å². The summed E-state index contributed by atoms with van der Waals surface area (Å²) in [5, 5.41) is 16.8. The summed E-state index contributed by atoms with van der Waals surface area (Å²) < 4.78 is 129. The van der Waals surface area contributed by atoms with Gasteiger partial charge in [-0.25, -0.2) is 18.7 Å². The maximum atomic E-state index is 15.9. The van der Waals surface area contributed by atoms with Gasteiger partial charge in [-0.15, -0.1) is 20.4 Å². The van der Waals surface area contributed by atoms with Crippen LogP contribution in [0.4, 0.5) is 26.3 Å². The first-order chi connectivity index (χ1) is 44.3. The predicted octanol–water partition coefficient (Wildman–Crippen LogP) is 14.6. The lowest BCUT2D eigenvalue weighted by Crippen LogP contribution is -2.44. The molecule has 10 aromatic rings. The molecule has 2 aliphatic heterocycles. The van der Waals surface area contributed by atoms with Crippen molar-refractivity contribution in [1.29, 1.82) is 0 Å². The largest absolute Gasteiger partial charge is 0.434 e. The SMILES string of the molecule is Cc1nnc(-c2cccc(OC(F)F)c2[C@H]2CCc3nc4ccc(-c5cnc(C6(C[S@](=O)C(C)(C)C)CCC6)c(F)c5)cc4n32)n1C.Cn1cnnc1-c1cccc(OC(F)F)c1[C@H]1CCc2nc3ccc(-c4cnc(C5(C[S@](=O)C(C)(C)C)CCC5)c(F)c4)cc3n21. The zero-order valence-corrected chi connectivity index (χ0v) is 54.8. The van der Waals surface area contributed by atoms with Gasteiger partial charge in [0.05, 0.1) is 45.5 Å². The third kappa shape index (κ3) is 11.7. The Bertz CT molecular complexity index is 4580. The van der Waals surface area contributed by atoms with E-state index in [0.717, 1.165) is 83.4 Å². The maximum Gasteiger partial charge on any atom is 0.387 e. The van der Waals surface area contributed by atoms with E-state index >= 15 is 8.78 Å². The monoisotopic (exact) mass is 1310 g/mol. The molecule has 486 valence electrons. The minimum atomic E-state index is -3.00. The summed E-state index contributed by atoms with van der Waals surface area (Å²) in [5.41, 5.74) is 8.04. The molecule has 14 rings (SSSR count). The van der Waals surface area contributed by atoms with Gasteiger partial charge >= 0.3 is 13.2 Å². The quantitative estimate of drug-likeness (QED) is 0.0838. The van der Waals surface area contributed by atoms with Crippen molar-refractivity contribution in [3.8, 4) is 56.5 Å². The highest BCUT2D eigenvalue weighted by Gasteiger charge is 2.47. The second-order valence-electron chi connectivity index (χ2n) is 27.0. The Kier molecular flexibility index (Phi) is 16.6. The number of rotatable bonds is 16. The summed E-state index contributed by atoms with van der Waals surface area (Å²) in [6, 6.07) is 23.9. The molecule has 93 heavy (non-hydrogen) atoms. The Labute approximate surface area is 539 Å². The van der Waals surface area contributed by atoms with Gasteiger partial charge in [0.25, 0.3) is 0 Å². The number of alkyl halides is 4. The minimum Gasteiger partial charge on any atom is -0.434 e. The number of benzene rings is 4. The number of hydrogen-bond donors (Lipinski definition) is 0. The van der Waals surface area contributed by atoms with Crippen LogP contribution in [0.5, 0.6) is 11.5 Å². The van der Waals surface area contributed by atoms with Gasteiger partial charge in [-0.1, -0.05) is 49.2 Å². The number of fused-ring (bicyclic) bond motifs is 6. The van der Waals surface area contributed by atoms with Crippen LogP contribution in [0.3, 0.4) is 0 Å². The lowest BCUT2D eigenvalue weighted by Gasteiger charge is -2.42. The van der Waals surface area contributed by atoms with Crippen molar-refractivity contribution in [3.05, 3.63) is 155 Å². The molecule has 2 aliphatic carbocycles. The van der Waals surface area contributed by atoms with Gasteiger partial charge in [-0.2, -0.15) is 17.6 Å². The van der Waals surface area contributed by atoms with Gasteiger partial charge < -0.3 is 27.7 Å². The van der Waals surface area contributed by atoms with Crippen LogP contribution >= 0.6 is 0 Å². The molecule has 2 saturated carbocycles. The Balaban J connectivity index is 0.000000169. The Morgan fingerprint density at radius 1 is 0.591 bits per heavy atom. The average Bonchev–Trinajstić information content (AvgIpc) is 1.72. The highest BCUT2D eigenvalue weighted by molar-refractivity contribution is 7.86. The number of hydrogen-bond acceptors (Lipinski definition) is 12. The van der Waals surface area contributed by atoms with Gasteiger partial charge in [0.15, 0.2) is 11.6 Å². The number of halogens is 6. The van der Waals surface area contributed by atoms with E-state index in [4.69, 9.17) is 19.4 Å². The van der Waals surface area contributed by atoms with E-state index in [1.54, 1.807) is 54.6 Å². The lowest BCUT2D eigenvalue weighted by molar-refractivity contribution is -0.0513. The number of nitrogens with zero attached hydrogens (tertiary/aromatic N) is 12. The van der Waals surface area contributed by atoms with E-state index in [1.807, 2.05) is 109 Å². The Morgan fingerprint density at radius 3 is 1.41 bits per heavy atom. The third-order valence-corrected chi connectivity index (χ3v) is 23.5. The zero-order chi connectivity index (χ0) is 65.6. The molecule has 24 heteroatoms. The smallest absolute Gasteiger partial charge is 0.387 e. The topological polar surface area (TPSA) is 175 Å². The fraction of sp³-hybridized carbons (Fsp3) is 0.420. The predicted molar refractivity (Wildman–Crippen MR) is 346 cm³/mol. The van der Waals surface area contributed by atoms with Crippen molar-refractivity contribution in [1.82, 2.24) is 58.6 Å². The fourth-order valence-electron chi connectivity index (χ4n) is 13.8. The van der Waals surface area contributed by atoms with E-state index in [9.17, 15) is 26.0 Å². The number of ether oxygens (including phenoxy) is 2. The number of aromatic nitrogens is 12. The number of imidazole rings is 2. The molecular formula is C69H72F6N12O4S2. The molecule has 0 saturated heterocycles. The summed E-state index contributed by atoms with van der Waals surface area (Å²) in [7, 11) is 1.37. The van der Waals surface area contributed by atoms with Crippen LogP contribution in [-0.4, -0.2) is 101 Å². The minimum absolute atomic E-state index is 0.0746. The summed E-state index contributed by atoms with van der Waals surface area (Å²) >= 11 is 0. The second kappa shape index (κ2) is 24.3. The zero-order valence-electron chi connectivity index (χ0n) is 53.2. The van der Waals surface area contributed by atoms with Gasteiger partial charge in [-0.3, -0.25) is 18.4 Å². The normalized spacial score (nSPS) is 18.1. The van der Waals surface area contributed by atoms with Crippen molar-refractivity contribution >= 4 is 43.7 Å². The molecule has 0 spiro atoms. The first-order valence-electron chi connectivity index (χ1n) is 31.3. The van der Waals surface area contributed by atoms with Crippen molar-refractivity contribution in [2.24, 2.45) is 14.1 Å². The summed E-state index contributed by atoms with van der Waals surface area (Å²) in [4.78, 5) is 19.0. The molecule has 0 unspecified atom stereocenters. The standard InChI is InChI=1S/C35H37F3N6O2S.C34H35F3N6O2S/c1-20-41-42-32(43(20)5)23-8-6-9-28(46-33(37)38)30(23)26-12-13-29-40-25-11-10-21(17-27(25)44(26)29)22-16-24(36)31(39-18-22)35(14-7-15-35)19-47(45)34(2,3)4;1-33(2,3)46(44)18-34(13-6-14-34)30-23(35)15-21(17-38-30)20-9-10-24-26(16-20)43-25(11-12-28(43)40-24)29-22(31-41-39-19-42(31)4)7-5-8-27(29)45-32(36)37/h6,8-11,16-18,26,33H,7,12-15,19H2,1-5H3;5,7-10,15-17,19,25,32H,6,11-14,18H2,1-4H3/t26-,47+;25-,46+/m11/s1. The molecular weight excluding hydrogens is 1240 g/mol. The van der Waals surface area contributed by atoms with Crippen LogP contribution in [0.15, 0.2) is 104 Å². The lowest BCUT2D eigenvalue weighted by atomic mass is 9.67. The van der Waals surface area contributed by atoms with E-state index in [1.165, 1.54) is 12.1 Å². The van der Waals surface area contributed by atoms with Crippen molar-refractivity contribution in [2.45, 2.75) is 158 Å².